The third-order valence-electron chi connectivity index (χ3n) is 6.68. The van der Waals surface area contributed by atoms with Gasteiger partial charge in [0.2, 0.25) is 5.95 Å². The molecule has 1 aromatic heterocycles. The number of amides is 1. The molecule has 0 radical (unpaired) electrons. The molecule has 0 bridgehead atoms. The molecular formula is C23H23F6N5O2. The highest BCUT2D eigenvalue weighted by Crippen LogP contribution is 2.42. The van der Waals surface area contributed by atoms with Gasteiger partial charge in [-0.15, -0.1) is 13.2 Å². The van der Waals surface area contributed by atoms with Crippen LogP contribution in [0.2, 0.25) is 0 Å². The topological polar surface area (TPSA) is 70.6 Å². The summed E-state index contributed by atoms with van der Waals surface area (Å²) in [7, 11) is 0. The molecule has 5 rings (SSSR count). The third kappa shape index (κ3) is 5.50. The number of alkyl halides is 6. The van der Waals surface area contributed by atoms with Crippen LogP contribution in [0.3, 0.4) is 0 Å². The Labute approximate surface area is 202 Å². The normalized spacial score (nSPS) is 19.6. The summed E-state index contributed by atoms with van der Waals surface area (Å²) >= 11 is 0. The summed E-state index contributed by atoms with van der Waals surface area (Å²) in [5.74, 6) is -0.215. The van der Waals surface area contributed by atoms with E-state index in [4.69, 9.17) is 0 Å². The zero-order chi connectivity index (χ0) is 25.7. The summed E-state index contributed by atoms with van der Waals surface area (Å²) < 4.78 is 79.9. The molecule has 1 aromatic carbocycles. The molecule has 0 atom stereocenters. The number of carbonyl (C=O) groups excluding carboxylic acids is 1. The predicted molar refractivity (Wildman–Crippen MR) is 115 cm³/mol. The molecule has 1 aliphatic carbocycles. The van der Waals surface area contributed by atoms with Gasteiger partial charge in [0, 0.05) is 38.6 Å². The summed E-state index contributed by atoms with van der Waals surface area (Å²) in [6.45, 7) is -0.0320. The van der Waals surface area contributed by atoms with Crippen LogP contribution in [-0.4, -0.2) is 69.9 Å². The molecule has 13 heteroatoms. The third-order valence-corrected chi connectivity index (χ3v) is 6.68. The maximum Gasteiger partial charge on any atom is 0.573 e. The summed E-state index contributed by atoms with van der Waals surface area (Å²) in [6, 6.07) is 4.52. The minimum atomic E-state index is -4.79. The zero-order valence-corrected chi connectivity index (χ0v) is 19.0. The lowest BCUT2D eigenvalue weighted by molar-refractivity contribution is -0.274. The Morgan fingerprint density at radius 2 is 1.78 bits per heavy atom. The van der Waals surface area contributed by atoms with Gasteiger partial charge in [-0.05, 0) is 48.4 Å². The van der Waals surface area contributed by atoms with Crippen molar-refractivity contribution in [3.63, 3.8) is 0 Å². The van der Waals surface area contributed by atoms with E-state index in [1.165, 1.54) is 29.4 Å². The number of anilines is 1. The van der Waals surface area contributed by atoms with Gasteiger partial charge in [-0.2, -0.15) is 13.2 Å². The first-order valence-corrected chi connectivity index (χ1v) is 11.5. The van der Waals surface area contributed by atoms with E-state index in [9.17, 15) is 31.1 Å². The zero-order valence-electron chi connectivity index (χ0n) is 19.0. The van der Waals surface area contributed by atoms with Crippen molar-refractivity contribution < 1.29 is 35.9 Å². The maximum atomic E-state index is 12.9. The van der Waals surface area contributed by atoms with Crippen LogP contribution < -0.4 is 10.1 Å². The van der Waals surface area contributed by atoms with E-state index in [0.29, 0.717) is 18.5 Å². The molecule has 36 heavy (non-hydrogen) atoms. The summed E-state index contributed by atoms with van der Waals surface area (Å²) in [5, 5.41) is 2.93. The van der Waals surface area contributed by atoms with Crippen molar-refractivity contribution in [2.45, 2.75) is 49.8 Å². The number of likely N-dealkylation sites (tertiary alicyclic amines) is 2. The SMILES string of the molecule is O=C(c1cnc(NCc2cc(OC(F)(F)F)cc(C3CC3)c2)nc1)N1CCC12CN(CC(F)(F)F)C2. The number of halogens is 6. The fourth-order valence-corrected chi connectivity index (χ4v) is 4.84. The second-order valence-corrected chi connectivity index (χ2v) is 9.57. The van der Waals surface area contributed by atoms with Crippen molar-refractivity contribution in [2.75, 3.05) is 31.5 Å². The smallest absolute Gasteiger partial charge is 0.406 e. The number of carbonyl (C=O) groups is 1. The van der Waals surface area contributed by atoms with E-state index in [2.05, 4.69) is 20.0 Å². The van der Waals surface area contributed by atoms with Crippen molar-refractivity contribution in [3.05, 3.63) is 47.3 Å². The lowest BCUT2D eigenvalue weighted by atomic mass is 9.77. The van der Waals surface area contributed by atoms with Gasteiger partial charge in [0.1, 0.15) is 5.75 Å². The predicted octanol–water partition coefficient (Wildman–Crippen LogP) is 4.33. The van der Waals surface area contributed by atoms with E-state index in [1.54, 1.807) is 4.90 Å². The Bertz CT molecular complexity index is 1130. The number of aromatic nitrogens is 2. The van der Waals surface area contributed by atoms with Crippen molar-refractivity contribution in [1.82, 2.24) is 19.8 Å². The van der Waals surface area contributed by atoms with Gasteiger partial charge >= 0.3 is 12.5 Å². The van der Waals surface area contributed by atoms with E-state index >= 15 is 0 Å². The molecule has 0 unspecified atom stereocenters. The number of nitrogens with one attached hydrogen (secondary N) is 1. The fourth-order valence-electron chi connectivity index (χ4n) is 4.84. The molecule has 3 fully saturated rings. The van der Waals surface area contributed by atoms with Crippen molar-refractivity contribution in [2.24, 2.45) is 0 Å². The molecule has 3 aliphatic rings. The first-order valence-electron chi connectivity index (χ1n) is 11.5. The van der Waals surface area contributed by atoms with Gasteiger partial charge in [-0.3, -0.25) is 9.69 Å². The molecule has 3 heterocycles. The van der Waals surface area contributed by atoms with Crippen LogP contribution in [0.4, 0.5) is 32.3 Å². The molecule has 2 saturated heterocycles. The van der Waals surface area contributed by atoms with Gasteiger partial charge in [-0.25, -0.2) is 9.97 Å². The minimum absolute atomic E-state index is 0.145. The van der Waals surface area contributed by atoms with Crippen molar-refractivity contribution in [1.29, 1.82) is 0 Å². The molecular weight excluding hydrogens is 492 g/mol. The van der Waals surface area contributed by atoms with Crippen LogP contribution in [0, 0.1) is 0 Å². The molecule has 1 spiro atoms. The number of ether oxygens (including phenoxy) is 1. The average molecular weight is 515 g/mol. The highest BCUT2D eigenvalue weighted by molar-refractivity contribution is 5.95. The van der Waals surface area contributed by atoms with Crippen LogP contribution in [0.25, 0.3) is 0 Å². The summed E-state index contributed by atoms with van der Waals surface area (Å²) in [5.41, 5.74) is 0.995. The highest BCUT2D eigenvalue weighted by atomic mass is 19.4. The second kappa shape index (κ2) is 8.79. The molecule has 194 valence electrons. The number of nitrogens with zero attached hydrogens (tertiary/aromatic N) is 4. The standard InChI is InChI=1S/C23H23F6N5O2/c24-22(25,26)13-33-11-21(12-33)3-4-34(21)19(35)17-9-31-20(32-10-17)30-8-14-5-16(15-1-2-15)7-18(6-14)36-23(27,28)29/h5-7,9-10,15H,1-4,8,11-13H2,(H,30,31,32). The molecule has 2 aromatic rings. The lowest BCUT2D eigenvalue weighted by Gasteiger charge is -2.62. The Balaban J connectivity index is 1.19. The maximum absolute atomic E-state index is 12.9. The molecule has 1 N–H and O–H groups in total. The first kappa shape index (κ1) is 24.6. The number of rotatable bonds is 7. The molecule has 1 amide bonds. The van der Waals surface area contributed by atoms with Crippen LogP contribution in [0.5, 0.6) is 5.75 Å². The average Bonchev–Trinajstić information content (AvgIpc) is 3.57. The summed E-state index contributed by atoms with van der Waals surface area (Å²) in [6.07, 6.45) is -3.93. The largest absolute Gasteiger partial charge is 0.573 e. The Morgan fingerprint density at radius 1 is 1.08 bits per heavy atom. The monoisotopic (exact) mass is 515 g/mol. The van der Waals surface area contributed by atoms with E-state index < -0.39 is 24.6 Å². The van der Waals surface area contributed by atoms with Gasteiger partial charge in [-0.1, -0.05) is 6.07 Å². The van der Waals surface area contributed by atoms with Gasteiger partial charge in [0.05, 0.1) is 17.6 Å². The van der Waals surface area contributed by atoms with Gasteiger partial charge in [0.25, 0.3) is 5.91 Å². The Kier molecular flexibility index (Phi) is 6.00. The van der Waals surface area contributed by atoms with E-state index in [1.807, 2.05) is 6.07 Å². The van der Waals surface area contributed by atoms with Crippen LogP contribution in [0.15, 0.2) is 30.6 Å². The van der Waals surface area contributed by atoms with Gasteiger partial charge in [0.15, 0.2) is 0 Å². The van der Waals surface area contributed by atoms with E-state index in [0.717, 1.165) is 18.4 Å². The fraction of sp³-hybridized carbons (Fsp3) is 0.522. The highest BCUT2D eigenvalue weighted by Gasteiger charge is 2.56. The number of benzene rings is 1. The summed E-state index contributed by atoms with van der Waals surface area (Å²) in [4.78, 5) is 23.9. The number of hydrogen-bond donors (Lipinski definition) is 1. The van der Waals surface area contributed by atoms with Crippen LogP contribution >= 0.6 is 0 Å². The van der Waals surface area contributed by atoms with Crippen LogP contribution in [0.1, 0.15) is 46.7 Å². The molecule has 2 aliphatic heterocycles. The number of hydrogen-bond acceptors (Lipinski definition) is 6. The van der Waals surface area contributed by atoms with Crippen LogP contribution in [-0.2, 0) is 6.54 Å². The minimum Gasteiger partial charge on any atom is -0.406 e. The first-order chi connectivity index (χ1) is 16.9. The van der Waals surface area contributed by atoms with Gasteiger partial charge < -0.3 is 15.0 Å². The van der Waals surface area contributed by atoms with E-state index in [-0.39, 0.29) is 48.7 Å². The molecule has 1 saturated carbocycles. The molecule has 7 nitrogen and oxygen atoms in total. The quantitative estimate of drug-likeness (QED) is 0.554. The Morgan fingerprint density at radius 3 is 2.33 bits per heavy atom. The Hall–Kier alpha value is -3.09. The second-order valence-electron chi connectivity index (χ2n) is 9.57. The lowest BCUT2D eigenvalue weighted by Crippen LogP contribution is -2.78. The van der Waals surface area contributed by atoms with Crippen molar-refractivity contribution >= 4 is 11.9 Å². The van der Waals surface area contributed by atoms with Crippen molar-refractivity contribution in [3.8, 4) is 5.75 Å².